The molecule has 0 saturated carbocycles. The number of aryl methyl sites for hydroxylation is 2. The molecule has 2 amide bonds. The summed E-state index contributed by atoms with van der Waals surface area (Å²) in [7, 11) is 1.66. The Balaban J connectivity index is 1.65. The molecule has 3 aromatic rings. The van der Waals surface area contributed by atoms with Crippen LogP contribution in [0.3, 0.4) is 0 Å². The highest BCUT2D eigenvalue weighted by atomic mass is 35.5. The Bertz CT molecular complexity index is 1080. The number of nitrogens with zero attached hydrogens (tertiary/aromatic N) is 2. The van der Waals surface area contributed by atoms with Crippen LogP contribution < -0.4 is 15.4 Å². The first kappa shape index (κ1) is 22.4. The van der Waals surface area contributed by atoms with Crippen molar-refractivity contribution in [1.29, 1.82) is 0 Å². The predicted molar refractivity (Wildman–Crippen MR) is 121 cm³/mol. The van der Waals surface area contributed by atoms with Crippen LogP contribution in [0.2, 0.25) is 5.02 Å². The molecule has 162 valence electrons. The summed E-state index contributed by atoms with van der Waals surface area (Å²) in [5, 5.41) is 10.2. The second kappa shape index (κ2) is 10.1. The molecule has 0 aliphatic carbocycles. The van der Waals surface area contributed by atoms with Crippen molar-refractivity contribution in [2.45, 2.75) is 26.9 Å². The minimum atomic E-state index is -0.327. The van der Waals surface area contributed by atoms with Gasteiger partial charge in [0.15, 0.2) is 0 Å². The van der Waals surface area contributed by atoms with E-state index in [9.17, 15) is 9.59 Å². The molecule has 0 aliphatic heterocycles. The van der Waals surface area contributed by atoms with Crippen LogP contribution in [0, 0.1) is 6.92 Å². The summed E-state index contributed by atoms with van der Waals surface area (Å²) in [6.45, 7) is 4.82. The van der Waals surface area contributed by atoms with Crippen molar-refractivity contribution >= 4 is 29.1 Å². The zero-order valence-electron chi connectivity index (χ0n) is 17.7. The van der Waals surface area contributed by atoms with Crippen molar-refractivity contribution in [3.05, 3.63) is 76.1 Å². The molecule has 0 bridgehead atoms. The van der Waals surface area contributed by atoms with Crippen LogP contribution in [0.4, 0.5) is 5.69 Å². The van der Waals surface area contributed by atoms with E-state index in [0.29, 0.717) is 40.9 Å². The molecule has 0 fully saturated rings. The molecule has 31 heavy (non-hydrogen) atoms. The van der Waals surface area contributed by atoms with Gasteiger partial charge in [0, 0.05) is 19.2 Å². The number of aromatic nitrogens is 2. The number of hydrogen-bond donors (Lipinski definition) is 2. The Labute approximate surface area is 186 Å². The molecular weight excluding hydrogens is 416 g/mol. The Hall–Kier alpha value is -3.32. The largest absolute Gasteiger partial charge is 0.487 e. The molecule has 0 aliphatic rings. The van der Waals surface area contributed by atoms with E-state index in [-0.39, 0.29) is 11.8 Å². The number of rotatable bonds is 8. The maximum absolute atomic E-state index is 12.7. The molecule has 1 heterocycles. The van der Waals surface area contributed by atoms with Crippen molar-refractivity contribution in [1.82, 2.24) is 15.1 Å². The second-order valence-corrected chi connectivity index (χ2v) is 7.57. The first-order chi connectivity index (χ1) is 14.9. The molecular formula is C23H25ClN4O3. The summed E-state index contributed by atoms with van der Waals surface area (Å²) in [5.41, 5.74) is 3.09. The molecule has 0 unspecified atom stereocenters. The lowest BCUT2D eigenvalue weighted by atomic mass is 10.1. The van der Waals surface area contributed by atoms with E-state index in [1.165, 1.54) is 10.9 Å². The fraction of sp³-hybridized carbons (Fsp3) is 0.261. The number of amides is 2. The third kappa shape index (κ3) is 5.64. The molecule has 0 spiro atoms. The first-order valence-electron chi connectivity index (χ1n) is 9.98. The van der Waals surface area contributed by atoms with Gasteiger partial charge in [0.1, 0.15) is 18.1 Å². The standard InChI is InChI=1S/C23H25ClN4O3/c1-4-11-25-23(30)21-19(13-26-28(21)3)27-22(29)17-8-6-16(7-9-17)14-31-20-12-15(2)5-10-18(20)24/h5-10,12-13H,4,11,14H2,1-3H3,(H,25,30)(H,27,29). The van der Waals surface area contributed by atoms with Crippen LogP contribution in [0.1, 0.15) is 45.3 Å². The van der Waals surface area contributed by atoms with Gasteiger partial charge in [-0.3, -0.25) is 14.3 Å². The summed E-state index contributed by atoms with van der Waals surface area (Å²) < 4.78 is 7.23. The number of nitrogens with one attached hydrogen (secondary N) is 2. The number of hydrogen-bond acceptors (Lipinski definition) is 4. The maximum atomic E-state index is 12.7. The van der Waals surface area contributed by atoms with Crippen molar-refractivity contribution in [2.75, 3.05) is 11.9 Å². The van der Waals surface area contributed by atoms with E-state index in [1.54, 1.807) is 25.2 Å². The van der Waals surface area contributed by atoms with Gasteiger partial charge < -0.3 is 15.4 Å². The van der Waals surface area contributed by atoms with Crippen molar-refractivity contribution < 1.29 is 14.3 Å². The lowest BCUT2D eigenvalue weighted by molar-refractivity contribution is 0.0945. The molecule has 7 nitrogen and oxygen atoms in total. The van der Waals surface area contributed by atoms with Gasteiger partial charge in [-0.1, -0.05) is 36.7 Å². The summed E-state index contributed by atoms with van der Waals surface area (Å²) in [6.07, 6.45) is 2.28. The third-order valence-electron chi connectivity index (χ3n) is 4.63. The Kier molecular flexibility index (Phi) is 7.31. The Morgan fingerprint density at radius 3 is 2.58 bits per heavy atom. The lowest BCUT2D eigenvalue weighted by Crippen LogP contribution is -2.27. The molecule has 3 rings (SSSR count). The van der Waals surface area contributed by atoms with E-state index in [2.05, 4.69) is 15.7 Å². The topological polar surface area (TPSA) is 85.2 Å². The normalized spacial score (nSPS) is 10.6. The summed E-state index contributed by atoms with van der Waals surface area (Å²) >= 11 is 6.16. The minimum Gasteiger partial charge on any atom is -0.487 e. The van der Waals surface area contributed by atoms with Crippen LogP contribution in [0.15, 0.2) is 48.7 Å². The monoisotopic (exact) mass is 440 g/mol. The van der Waals surface area contributed by atoms with Gasteiger partial charge >= 0.3 is 0 Å². The molecule has 0 saturated heterocycles. The van der Waals surface area contributed by atoms with Gasteiger partial charge in [-0.2, -0.15) is 5.10 Å². The first-order valence-corrected chi connectivity index (χ1v) is 10.4. The third-order valence-corrected chi connectivity index (χ3v) is 4.95. The van der Waals surface area contributed by atoms with E-state index >= 15 is 0 Å². The van der Waals surface area contributed by atoms with Crippen LogP contribution >= 0.6 is 11.6 Å². The van der Waals surface area contributed by atoms with E-state index in [1.807, 2.05) is 38.1 Å². The van der Waals surface area contributed by atoms with Gasteiger partial charge in [-0.05, 0) is 48.7 Å². The van der Waals surface area contributed by atoms with E-state index in [4.69, 9.17) is 16.3 Å². The zero-order chi connectivity index (χ0) is 22.4. The van der Waals surface area contributed by atoms with Crippen LogP contribution in [-0.4, -0.2) is 28.1 Å². The van der Waals surface area contributed by atoms with Gasteiger partial charge in [0.05, 0.1) is 16.9 Å². The Morgan fingerprint density at radius 1 is 1.13 bits per heavy atom. The average molecular weight is 441 g/mol. The smallest absolute Gasteiger partial charge is 0.271 e. The molecule has 2 N–H and O–H groups in total. The zero-order valence-corrected chi connectivity index (χ0v) is 18.5. The van der Waals surface area contributed by atoms with Crippen LogP contribution in [0.25, 0.3) is 0 Å². The summed E-state index contributed by atoms with van der Waals surface area (Å²) in [6, 6.07) is 12.6. The molecule has 0 radical (unpaired) electrons. The van der Waals surface area contributed by atoms with Gasteiger partial charge in [0.25, 0.3) is 11.8 Å². The van der Waals surface area contributed by atoms with Crippen molar-refractivity contribution in [3.63, 3.8) is 0 Å². The highest BCUT2D eigenvalue weighted by Gasteiger charge is 2.19. The summed E-state index contributed by atoms with van der Waals surface area (Å²) in [4.78, 5) is 25.0. The number of carbonyl (C=O) groups is 2. The average Bonchev–Trinajstić information content (AvgIpc) is 3.12. The maximum Gasteiger partial charge on any atom is 0.271 e. The number of ether oxygens (including phenoxy) is 1. The quantitative estimate of drug-likeness (QED) is 0.545. The molecule has 1 aromatic heterocycles. The molecule has 8 heteroatoms. The fourth-order valence-electron chi connectivity index (χ4n) is 2.95. The number of carbonyl (C=O) groups excluding carboxylic acids is 2. The summed E-state index contributed by atoms with van der Waals surface area (Å²) in [5.74, 6) is 0.0140. The van der Waals surface area contributed by atoms with Crippen molar-refractivity contribution in [3.8, 4) is 5.75 Å². The van der Waals surface area contributed by atoms with Crippen LogP contribution in [-0.2, 0) is 13.7 Å². The van der Waals surface area contributed by atoms with Crippen molar-refractivity contribution in [2.24, 2.45) is 7.05 Å². The Morgan fingerprint density at radius 2 is 1.87 bits per heavy atom. The number of benzene rings is 2. The predicted octanol–water partition coefficient (Wildman–Crippen LogP) is 4.35. The van der Waals surface area contributed by atoms with Gasteiger partial charge in [0.2, 0.25) is 0 Å². The van der Waals surface area contributed by atoms with Gasteiger partial charge in [-0.15, -0.1) is 0 Å². The number of halogens is 1. The van der Waals surface area contributed by atoms with E-state index in [0.717, 1.165) is 17.5 Å². The van der Waals surface area contributed by atoms with Gasteiger partial charge in [-0.25, -0.2) is 0 Å². The molecule has 2 aromatic carbocycles. The highest BCUT2D eigenvalue weighted by Crippen LogP contribution is 2.26. The van der Waals surface area contributed by atoms with Crippen LogP contribution in [0.5, 0.6) is 5.75 Å². The fourth-order valence-corrected chi connectivity index (χ4v) is 3.12. The SMILES string of the molecule is CCCNC(=O)c1c(NC(=O)c2ccc(COc3cc(C)ccc3Cl)cc2)cnn1C. The lowest BCUT2D eigenvalue weighted by Gasteiger charge is -2.10. The molecule has 0 atom stereocenters. The van der Waals surface area contributed by atoms with E-state index < -0.39 is 0 Å². The number of anilines is 1. The highest BCUT2D eigenvalue weighted by molar-refractivity contribution is 6.32. The minimum absolute atomic E-state index is 0.278. The second-order valence-electron chi connectivity index (χ2n) is 7.16.